The van der Waals surface area contributed by atoms with Crippen molar-refractivity contribution in [2.24, 2.45) is 0 Å². The maximum Gasteiger partial charge on any atom is 0.340 e. The molecule has 0 aromatic carbocycles. The standard InChI is InChI=1S/C22H35N3O4/c1-6-28-22(27)20-16(4)21(23-17(20)5)19(26)13-25-9-7-8-18(25)12-24-10-14(2)29-15(3)11-24/h14-15,18,23H,6-13H2,1-5H3. The van der Waals surface area contributed by atoms with Gasteiger partial charge in [0.05, 0.1) is 36.6 Å². The van der Waals surface area contributed by atoms with E-state index in [1.54, 1.807) is 6.92 Å². The molecule has 162 valence electrons. The summed E-state index contributed by atoms with van der Waals surface area (Å²) in [4.78, 5) is 33.2. The van der Waals surface area contributed by atoms with Crippen molar-refractivity contribution >= 4 is 11.8 Å². The zero-order chi connectivity index (χ0) is 21.1. The second-order valence-electron chi connectivity index (χ2n) is 8.51. The summed E-state index contributed by atoms with van der Waals surface area (Å²) in [5.41, 5.74) is 2.41. The zero-order valence-corrected chi connectivity index (χ0v) is 18.4. The Morgan fingerprint density at radius 1 is 1.21 bits per heavy atom. The molecule has 3 atom stereocenters. The highest BCUT2D eigenvalue weighted by Crippen LogP contribution is 2.23. The lowest BCUT2D eigenvalue weighted by Crippen LogP contribution is -2.50. The Labute approximate surface area is 173 Å². The number of Topliss-reactive ketones (excluding diaryl/α,β-unsaturated/α-hetero) is 1. The smallest absolute Gasteiger partial charge is 0.340 e. The molecule has 0 saturated carbocycles. The number of nitrogens with zero attached hydrogens (tertiary/aromatic N) is 2. The normalized spacial score (nSPS) is 26.0. The number of aryl methyl sites for hydroxylation is 1. The van der Waals surface area contributed by atoms with Crippen molar-refractivity contribution in [1.29, 1.82) is 0 Å². The first-order valence-electron chi connectivity index (χ1n) is 10.8. The lowest BCUT2D eigenvalue weighted by Gasteiger charge is -2.38. The second-order valence-corrected chi connectivity index (χ2v) is 8.51. The molecule has 0 spiro atoms. The third-order valence-corrected chi connectivity index (χ3v) is 6.01. The molecule has 0 bridgehead atoms. The van der Waals surface area contributed by atoms with Crippen LogP contribution < -0.4 is 0 Å². The fraction of sp³-hybridized carbons (Fsp3) is 0.727. The Balaban J connectivity index is 1.65. The summed E-state index contributed by atoms with van der Waals surface area (Å²) in [5, 5.41) is 0. The number of hydrogen-bond acceptors (Lipinski definition) is 6. The van der Waals surface area contributed by atoms with Crippen LogP contribution in [0.4, 0.5) is 0 Å². The molecule has 7 nitrogen and oxygen atoms in total. The summed E-state index contributed by atoms with van der Waals surface area (Å²) < 4.78 is 11.0. The van der Waals surface area contributed by atoms with E-state index in [0.29, 0.717) is 41.7 Å². The average Bonchev–Trinajstić information content (AvgIpc) is 3.18. The third kappa shape index (κ3) is 5.08. The Hall–Kier alpha value is -1.70. The highest BCUT2D eigenvalue weighted by Gasteiger charge is 2.32. The summed E-state index contributed by atoms with van der Waals surface area (Å²) in [6.45, 7) is 14.2. The van der Waals surface area contributed by atoms with Crippen LogP contribution in [0.2, 0.25) is 0 Å². The van der Waals surface area contributed by atoms with Gasteiger partial charge in [0.15, 0.2) is 5.78 Å². The topological polar surface area (TPSA) is 74.9 Å². The van der Waals surface area contributed by atoms with E-state index in [9.17, 15) is 9.59 Å². The number of H-pyrrole nitrogens is 1. The van der Waals surface area contributed by atoms with Crippen molar-refractivity contribution in [3.8, 4) is 0 Å². The highest BCUT2D eigenvalue weighted by molar-refractivity contribution is 6.02. The van der Waals surface area contributed by atoms with Gasteiger partial charge in [-0.05, 0) is 59.6 Å². The monoisotopic (exact) mass is 405 g/mol. The van der Waals surface area contributed by atoms with Crippen LogP contribution >= 0.6 is 0 Å². The quantitative estimate of drug-likeness (QED) is 0.555. The predicted molar refractivity (Wildman–Crippen MR) is 112 cm³/mol. The number of rotatable bonds is 7. The van der Waals surface area contributed by atoms with Gasteiger partial charge in [-0.2, -0.15) is 0 Å². The minimum Gasteiger partial charge on any atom is -0.462 e. The SMILES string of the molecule is CCOC(=O)c1c(C)[nH]c(C(=O)CN2CCCC2CN2CC(C)OC(C)C2)c1C. The predicted octanol–water partition coefficient (Wildman–Crippen LogP) is 2.56. The average molecular weight is 406 g/mol. The third-order valence-electron chi connectivity index (χ3n) is 6.01. The summed E-state index contributed by atoms with van der Waals surface area (Å²) >= 11 is 0. The minimum absolute atomic E-state index is 0.0387. The van der Waals surface area contributed by atoms with Crippen molar-refractivity contribution in [2.75, 3.05) is 39.3 Å². The van der Waals surface area contributed by atoms with Crippen molar-refractivity contribution in [1.82, 2.24) is 14.8 Å². The molecule has 0 radical (unpaired) electrons. The van der Waals surface area contributed by atoms with Crippen LogP contribution in [-0.2, 0) is 9.47 Å². The summed E-state index contributed by atoms with van der Waals surface area (Å²) in [6, 6.07) is 0.386. The molecule has 3 heterocycles. The van der Waals surface area contributed by atoms with Crippen LogP contribution in [0.15, 0.2) is 0 Å². The summed E-state index contributed by atoms with van der Waals surface area (Å²) in [5.74, 6) is -0.329. The number of aromatic amines is 1. The number of ether oxygens (including phenoxy) is 2. The lowest BCUT2D eigenvalue weighted by atomic mass is 10.1. The first-order valence-corrected chi connectivity index (χ1v) is 10.8. The number of likely N-dealkylation sites (tertiary alicyclic amines) is 1. The number of hydrogen-bond donors (Lipinski definition) is 1. The van der Waals surface area contributed by atoms with Crippen LogP contribution in [0.3, 0.4) is 0 Å². The molecule has 2 fully saturated rings. The van der Waals surface area contributed by atoms with Gasteiger partial charge in [0.1, 0.15) is 0 Å². The van der Waals surface area contributed by atoms with E-state index in [4.69, 9.17) is 9.47 Å². The lowest BCUT2D eigenvalue weighted by molar-refractivity contribution is -0.0721. The fourth-order valence-electron chi connectivity index (χ4n) is 4.84. The molecule has 1 N–H and O–H groups in total. The minimum atomic E-state index is -0.368. The van der Waals surface area contributed by atoms with Crippen LogP contribution in [0.5, 0.6) is 0 Å². The van der Waals surface area contributed by atoms with Gasteiger partial charge >= 0.3 is 5.97 Å². The largest absolute Gasteiger partial charge is 0.462 e. The highest BCUT2D eigenvalue weighted by atomic mass is 16.5. The molecule has 2 aliphatic rings. The Bertz CT molecular complexity index is 735. The van der Waals surface area contributed by atoms with E-state index in [-0.39, 0.29) is 24.0 Å². The molecule has 1 aromatic heterocycles. The molecule has 3 rings (SSSR count). The van der Waals surface area contributed by atoms with Gasteiger partial charge < -0.3 is 14.5 Å². The summed E-state index contributed by atoms with van der Waals surface area (Å²) in [7, 11) is 0. The van der Waals surface area contributed by atoms with Crippen LogP contribution in [-0.4, -0.2) is 84.1 Å². The van der Waals surface area contributed by atoms with Gasteiger partial charge in [-0.25, -0.2) is 4.79 Å². The second kappa shape index (κ2) is 9.41. The van der Waals surface area contributed by atoms with E-state index >= 15 is 0 Å². The van der Waals surface area contributed by atoms with E-state index in [0.717, 1.165) is 39.0 Å². The number of esters is 1. The van der Waals surface area contributed by atoms with Gasteiger partial charge in [0, 0.05) is 31.4 Å². The van der Waals surface area contributed by atoms with E-state index < -0.39 is 0 Å². The number of morpholine rings is 1. The van der Waals surface area contributed by atoms with Crippen molar-refractivity contribution in [3.05, 3.63) is 22.5 Å². The van der Waals surface area contributed by atoms with Gasteiger partial charge in [-0.15, -0.1) is 0 Å². The van der Waals surface area contributed by atoms with Crippen molar-refractivity contribution in [3.63, 3.8) is 0 Å². The zero-order valence-electron chi connectivity index (χ0n) is 18.4. The number of aromatic nitrogens is 1. The Morgan fingerprint density at radius 3 is 2.55 bits per heavy atom. The van der Waals surface area contributed by atoms with Gasteiger partial charge in [0.25, 0.3) is 0 Å². The van der Waals surface area contributed by atoms with E-state index in [1.165, 1.54) is 0 Å². The number of carbonyl (C=O) groups excluding carboxylic acids is 2. The molecular weight excluding hydrogens is 370 g/mol. The molecule has 2 aliphatic heterocycles. The van der Waals surface area contributed by atoms with Crippen LogP contribution in [0.25, 0.3) is 0 Å². The van der Waals surface area contributed by atoms with Crippen LogP contribution in [0, 0.1) is 13.8 Å². The number of carbonyl (C=O) groups is 2. The van der Waals surface area contributed by atoms with E-state index in [1.807, 2.05) is 13.8 Å². The van der Waals surface area contributed by atoms with Gasteiger partial charge in [-0.3, -0.25) is 14.6 Å². The van der Waals surface area contributed by atoms with Crippen LogP contribution in [0.1, 0.15) is 65.7 Å². The molecule has 2 saturated heterocycles. The maximum absolute atomic E-state index is 13.1. The van der Waals surface area contributed by atoms with Crippen molar-refractivity contribution in [2.45, 2.75) is 65.7 Å². The van der Waals surface area contributed by atoms with Crippen molar-refractivity contribution < 1.29 is 19.1 Å². The van der Waals surface area contributed by atoms with Gasteiger partial charge in [0.2, 0.25) is 0 Å². The maximum atomic E-state index is 13.1. The molecular formula is C22H35N3O4. The molecule has 7 heteroatoms. The molecule has 1 aromatic rings. The number of nitrogens with one attached hydrogen (secondary N) is 1. The molecule has 29 heavy (non-hydrogen) atoms. The first-order chi connectivity index (χ1) is 13.8. The summed E-state index contributed by atoms with van der Waals surface area (Å²) in [6.07, 6.45) is 2.73. The fourth-order valence-corrected chi connectivity index (χ4v) is 4.84. The van der Waals surface area contributed by atoms with Gasteiger partial charge in [-0.1, -0.05) is 0 Å². The van der Waals surface area contributed by atoms with E-state index in [2.05, 4.69) is 28.6 Å². The Kier molecular flexibility index (Phi) is 7.14. The number of ketones is 1. The first kappa shape index (κ1) is 22.0. The molecule has 3 unspecified atom stereocenters. The Morgan fingerprint density at radius 2 is 1.90 bits per heavy atom. The molecule has 0 amide bonds. The molecule has 0 aliphatic carbocycles.